The number of imidazole rings is 1. The molecule has 0 spiro atoms. The highest BCUT2D eigenvalue weighted by Gasteiger charge is 2.28. The summed E-state index contributed by atoms with van der Waals surface area (Å²) < 4.78 is 2.24. The lowest BCUT2D eigenvalue weighted by Crippen LogP contribution is -2.49. The van der Waals surface area contributed by atoms with Gasteiger partial charge in [-0.3, -0.25) is 0 Å². The number of likely N-dealkylation sites (tertiary alicyclic amines) is 1. The molecule has 2 aliphatic rings. The van der Waals surface area contributed by atoms with Crippen molar-refractivity contribution in [2.45, 2.75) is 32.9 Å². The number of hydrogen-bond donors (Lipinski definition) is 1. The van der Waals surface area contributed by atoms with Crippen LogP contribution in [0, 0.1) is 5.92 Å². The van der Waals surface area contributed by atoms with Crippen molar-refractivity contribution in [3.63, 3.8) is 0 Å². The molecule has 6 nitrogen and oxygen atoms in total. The molecule has 0 amide bonds. The molecule has 6 heteroatoms. The quantitative estimate of drug-likeness (QED) is 0.482. The van der Waals surface area contributed by atoms with Gasteiger partial charge >= 0.3 is 0 Å². The number of nitrogens with zero attached hydrogens (tertiary/aromatic N) is 5. The second-order valence-corrected chi connectivity index (χ2v) is 8.00. The van der Waals surface area contributed by atoms with E-state index in [1.54, 1.807) is 0 Å². The molecule has 1 fully saturated rings. The molecule has 2 atom stereocenters. The monoisotopic (exact) mass is 392 g/mol. The van der Waals surface area contributed by atoms with E-state index in [1.807, 2.05) is 12.5 Å². The average Bonchev–Trinajstić information content (AvgIpc) is 3.46. The van der Waals surface area contributed by atoms with Crippen LogP contribution in [0.2, 0.25) is 0 Å². The first kappa shape index (κ1) is 19.6. The summed E-state index contributed by atoms with van der Waals surface area (Å²) in [6, 6.07) is 9.26. The van der Waals surface area contributed by atoms with Crippen molar-refractivity contribution >= 4 is 11.6 Å². The van der Waals surface area contributed by atoms with E-state index >= 15 is 0 Å². The third-order valence-electron chi connectivity index (χ3n) is 5.99. The van der Waals surface area contributed by atoms with Crippen molar-refractivity contribution in [3.05, 3.63) is 60.7 Å². The first-order valence-electron chi connectivity index (χ1n) is 10.7. The summed E-state index contributed by atoms with van der Waals surface area (Å²) in [7, 11) is 0. The third-order valence-corrected chi connectivity index (χ3v) is 5.99. The van der Waals surface area contributed by atoms with Gasteiger partial charge in [-0.2, -0.15) is 0 Å². The van der Waals surface area contributed by atoms with Crippen molar-refractivity contribution in [1.82, 2.24) is 19.8 Å². The van der Waals surface area contributed by atoms with Gasteiger partial charge in [-0.05, 0) is 37.0 Å². The minimum atomic E-state index is 0.434. The van der Waals surface area contributed by atoms with Gasteiger partial charge in [0.15, 0.2) is 5.96 Å². The van der Waals surface area contributed by atoms with Crippen LogP contribution in [0.1, 0.15) is 31.9 Å². The molecule has 1 aromatic carbocycles. The Morgan fingerprint density at radius 2 is 2.00 bits per heavy atom. The molecular weight excluding hydrogens is 360 g/mol. The predicted molar refractivity (Wildman–Crippen MR) is 119 cm³/mol. The number of piperidine rings is 1. The van der Waals surface area contributed by atoms with Gasteiger partial charge in [0.25, 0.3) is 0 Å². The van der Waals surface area contributed by atoms with Crippen LogP contribution in [-0.2, 0) is 6.54 Å². The highest BCUT2D eigenvalue weighted by molar-refractivity contribution is 5.80. The molecule has 29 heavy (non-hydrogen) atoms. The van der Waals surface area contributed by atoms with Crippen molar-refractivity contribution in [1.29, 1.82) is 0 Å². The maximum absolute atomic E-state index is 4.96. The maximum atomic E-state index is 4.96. The molecule has 2 unspecified atom stereocenters. The van der Waals surface area contributed by atoms with E-state index in [4.69, 9.17) is 4.99 Å². The van der Waals surface area contributed by atoms with Crippen LogP contribution >= 0.6 is 0 Å². The van der Waals surface area contributed by atoms with Gasteiger partial charge < -0.3 is 19.7 Å². The molecule has 154 valence electrons. The zero-order valence-corrected chi connectivity index (χ0v) is 17.5. The number of hydrogen-bond acceptors (Lipinski definition) is 3. The lowest BCUT2D eigenvalue weighted by atomic mass is 9.93. The number of anilines is 1. The number of aliphatic imine (C=N–C) groups is 1. The minimum absolute atomic E-state index is 0.434. The van der Waals surface area contributed by atoms with E-state index in [-0.39, 0.29) is 0 Å². The minimum Gasteiger partial charge on any atom is -0.364 e. The fraction of sp³-hybridized carbons (Fsp3) is 0.478. The summed E-state index contributed by atoms with van der Waals surface area (Å²) >= 11 is 0. The average molecular weight is 393 g/mol. The van der Waals surface area contributed by atoms with Crippen LogP contribution in [0.4, 0.5) is 5.69 Å². The molecule has 1 saturated heterocycles. The van der Waals surface area contributed by atoms with Gasteiger partial charge in [0.2, 0.25) is 0 Å². The summed E-state index contributed by atoms with van der Waals surface area (Å²) in [4.78, 5) is 14.0. The topological polar surface area (TPSA) is 48.7 Å². The fourth-order valence-electron chi connectivity index (χ4n) is 4.19. The molecule has 1 aromatic heterocycles. The molecular formula is C23H32N6. The standard InChI is InChI=1S/C23H32N6/c1-3-25-23(28-14-10-19(2)22(17-28)29-15-11-24-18-29)26-16-20-6-8-21(9-7-20)27-12-4-5-13-27/h4-9,11,15,18-19,22H,3,10,12-14,16-17H2,1-2H3,(H,25,26). The van der Waals surface area contributed by atoms with E-state index < -0.39 is 0 Å². The van der Waals surface area contributed by atoms with Crippen LogP contribution in [0.25, 0.3) is 0 Å². The summed E-state index contributed by atoms with van der Waals surface area (Å²) in [6.45, 7) is 10.1. The largest absolute Gasteiger partial charge is 0.364 e. The lowest BCUT2D eigenvalue weighted by Gasteiger charge is -2.39. The van der Waals surface area contributed by atoms with E-state index in [0.717, 1.165) is 45.1 Å². The highest BCUT2D eigenvalue weighted by Crippen LogP contribution is 2.27. The van der Waals surface area contributed by atoms with Gasteiger partial charge in [-0.1, -0.05) is 31.2 Å². The van der Waals surface area contributed by atoms with Crippen LogP contribution in [0.5, 0.6) is 0 Å². The number of rotatable bonds is 5. The Kier molecular flexibility index (Phi) is 6.17. The van der Waals surface area contributed by atoms with Gasteiger partial charge in [0, 0.05) is 50.8 Å². The van der Waals surface area contributed by atoms with Gasteiger partial charge in [-0.25, -0.2) is 9.98 Å². The molecule has 0 radical (unpaired) electrons. The predicted octanol–water partition coefficient (Wildman–Crippen LogP) is 3.31. The van der Waals surface area contributed by atoms with E-state index in [9.17, 15) is 0 Å². The van der Waals surface area contributed by atoms with Crippen molar-refractivity contribution in [2.75, 3.05) is 37.6 Å². The fourth-order valence-corrected chi connectivity index (χ4v) is 4.19. The third kappa shape index (κ3) is 4.63. The first-order chi connectivity index (χ1) is 14.2. The van der Waals surface area contributed by atoms with E-state index in [1.165, 1.54) is 11.3 Å². The van der Waals surface area contributed by atoms with Crippen LogP contribution in [-0.4, -0.2) is 53.1 Å². The molecule has 0 saturated carbocycles. The van der Waals surface area contributed by atoms with Gasteiger partial charge in [0.1, 0.15) is 0 Å². The van der Waals surface area contributed by atoms with Crippen LogP contribution in [0.3, 0.4) is 0 Å². The first-order valence-corrected chi connectivity index (χ1v) is 10.7. The summed E-state index contributed by atoms with van der Waals surface area (Å²) in [6.07, 6.45) is 11.5. The molecule has 2 aromatic rings. The maximum Gasteiger partial charge on any atom is 0.194 e. The van der Waals surface area contributed by atoms with E-state index in [2.05, 4.69) is 81.1 Å². The second kappa shape index (κ2) is 9.16. The van der Waals surface area contributed by atoms with Crippen LogP contribution < -0.4 is 10.2 Å². The molecule has 4 rings (SSSR count). The van der Waals surface area contributed by atoms with Crippen molar-refractivity contribution in [2.24, 2.45) is 10.9 Å². The summed E-state index contributed by atoms with van der Waals surface area (Å²) in [5, 5.41) is 3.49. The summed E-state index contributed by atoms with van der Waals surface area (Å²) in [5.74, 6) is 1.65. The number of guanidine groups is 1. The molecule has 0 aliphatic carbocycles. The van der Waals surface area contributed by atoms with E-state index in [0.29, 0.717) is 18.5 Å². The molecule has 2 aliphatic heterocycles. The SMILES string of the molecule is CCNC(=NCc1ccc(N2CC=CC2)cc1)N1CCC(C)C(n2ccnc2)C1. The lowest BCUT2D eigenvalue weighted by molar-refractivity contribution is 0.189. The zero-order valence-electron chi connectivity index (χ0n) is 17.5. The molecule has 1 N–H and O–H groups in total. The normalized spacial score (nSPS) is 22.3. The number of benzene rings is 1. The highest BCUT2D eigenvalue weighted by atomic mass is 15.3. The summed E-state index contributed by atoms with van der Waals surface area (Å²) in [5.41, 5.74) is 2.52. The van der Waals surface area contributed by atoms with Crippen molar-refractivity contribution < 1.29 is 0 Å². The number of nitrogens with one attached hydrogen (secondary N) is 1. The second-order valence-electron chi connectivity index (χ2n) is 8.00. The Bertz CT molecular complexity index is 816. The Balaban J connectivity index is 1.43. The number of aromatic nitrogens is 2. The smallest absolute Gasteiger partial charge is 0.194 e. The Hall–Kier alpha value is -2.76. The Morgan fingerprint density at radius 3 is 2.69 bits per heavy atom. The Morgan fingerprint density at radius 1 is 1.21 bits per heavy atom. The van der Waals surface area contributed by atoms with Gasteiger partial charge in [0.05, 0.1) is 18.9 Å². The van der Waals surface area contributed by atoms with Gasteiger partial charge in [-0.15, -0.1) is 0 Å². The molecule has 0 bridgehead atoms. The Labute approximate surface area is 174 Å². The van der Waals surface area contributed by atoms with Crippen molar-refractivity contribution in [3.8, 4) is 0 Å². The zero-order chi connectivity index (χ0) is 20.1. The molecule has 3 heterocycles. The van der Waals surface area contributed by atoms with Crippen LogP contribution in [0.15, 0.2) is 60.1 Å².